The van der Waals surface area contributed by atoms with Crippen LogP contribution >= 0.6 is 0 Å². The molecule has 1 saturated carbocycles. The van der Waals surface area contributed by atoms with Crippen LogP contribution in [0, 0.1) is 5.41 Å². The second-order valence-electron chi connectivity index (χ2n) is 5.19. The summed E-state index contributed by atoms with van der Waals surface area (Å²) >= 11 is 0. The molecule has 0 bridgehead atoms. The highest BCUT2D eigenvalue weighted by atomic mass is 16.5. The number of aromatic nitrogens is 4. The van der Waals surface area contributed by atoms with Crippen LogP contribution in [0.4, 0.5) is 0 Å². The van der Waals surface area contributed by atoms with Crippen LogP contribution in [-0.2, 0) is 6.42 Å². The number of methoxy groups -OCH3 is 1. The molecule has 1 aliphatic rings. The Hall–Kier alpha value is -2.02. The number of rotatable bonds is 5. The Morgan fingerprint density at radius 3 is 2.90 bits per heavy atom. The Bertz CT molecular complexity index is 588. The van der Waals surface area contributed by atoms with Gasteiger partial charge in [-0.1, -0.05) is 11.6 Å². The molecule has 1 aliphatic carbocycles. The van der Waals surface area contributed by atoms with Gasteiger partial charge in [0.2, 0.25) is 17.6 Å². The molecule has 0 radical (unpaired) electrons. The first kappa shape index (κ1) is 13.0. The van der Waals surface area contributed by atoms with E-state index >= 15 is 0 Å². The second-order valence-corrected chi connectivity index (χ2v) is 5.19. The molecule has 2 heterocycles. The van der Waals surface area contributed by atoms with Gasteiger partial charge in [-0.15, -0.1) is 0 Å². The quantitative estimate of drug-likeness (QED) is 0.875. The van der Waals surface area contributed by atoms with Gasteiger partial charge < -0.3 is 15.0 Å². The molecule has 2 aromatic rings. The number of nitrogens with zero attached hydrogens (tertiary/aromatic N) is 4. The van der Waals surface area contributed by atoms with Crippen LogP contribution in [0.25, 0.3) is 11.5 Å². The van der Waals surface area contributed by atoms with Crippen LogP contribution in [0.5, 0.6) is 5.88 Å². The molecule has 0 spiro atoms. The molecule has 20 heavy (non-hydrogen) atoms. The first-order valence-corrected chi connectivity index (χ1v) is 6.64. The van der Waals surface area contributed by atoms with Crippen LogP contribution in [-0.4, -0.2) is 33.8 Å². The minimum Gasteiger partial charge on any atom is -0.481 e. The zero-order valence-electron chi connectivity index (χ0n) is 11.4. The van der Waals surface area contributed by atoms with E-state index in [9.17, 15) is 0 Å². The van der Waals surface area contributed by atoms with Crippen molar-refractivity contribution >= 4 is 0 Å². The molecule has 0 aliphatic heterocycles. The minimum absolute atomic E-state index is 0.146. The van der Waals surface area contributed by atoms with Gasteiger partial charge in [0.25, 0.3) is 0 Å². The van der Waals surface area contributed by atoms with Gasteiger partial charge in [-0.2, -0.15) is 4.98 Å². The van der Waals surface area contributed by atoms with Gasteiger partial charge in [0.05, 0.1) is 7.11 Å². The predicted molar refractivity (Wildman–Crippen MR) is 70.9 cm³/mol. The standard InChI is InChI=1S/C13H17N5O2/c1-19-10-5-9(15-8-16-10)12-17-11(20-18-12)6-13(7-14)3-2-4-13/h5,8H,2-4,6-7,14H2,1H3. The SMILES string of the molecule is COc1cc(-c2noc(CC3(CN)CCC3)n2)ncn1. The first-order chi connectivity index (χ1) is 9.74. The summed E-state index contributed by atoms with van der Waals surface area (Å²) in [5.41, 5.74) is 6.58. The van der Waals surface area contributed by atoms with Crippen molar-refractivity contribution in [2.75, 3.05) is 13.7 Å². The Kier molecular flexibility index (Phi) is 3.35. The maximum absolute atomic E-state index is 5.85. The Morgan fingerprint density at radius 1 is 1.40 bits per heavy atom. The molecule has 2 aromatic heterocycles. The third-order valence-corrected chi connectivity index (χ3v) is 3.92. The summed E-state index contributed by atoms with van der Waals surface area (Å²) in [5, 5.41) is 3.97. The number of nitrogens with two attached hydrogens (primary N) is 1. The van der Waals surface area contributed by atoms with E-state index < -0.39 is 0 Å². The molecule has 0 saturated heterocycles. The lowest BCUT2D eigenvalue weighted by molar-refractivity contribution is 0.129. The normalized spacial score (nSPS) is 16.7. The third-order valence-electron chi connectivity index (χ3n) is 3.92. The van der Waals surface area contributed by atoms with Gasteiger partial charge in [0, 0.05) is 12.5 Å². The van der Waals surface area contributed by atoms with Crippen LogP contribution < -0.4 is 10.5 Å². The Balaban J connectivity index is 1.79. The summed E-state index contributed by atoms with van der Waals surface area (Å²) in [4.78, 5) is 12.5. The molecule has 7 heteroatoms. The fraction of sp³-hybridized carbons (Fsp3) is 0.538. The van der Waals surface area contributed by atoms with E-state index in [-0.39, 0.29) is 5.41 Å². The van der Waals surface area contributed by atoms with Gasteiger partial charge in [0.1, 0.15) is 12.0 Å². The zero-order valence-corrected chi connectivity index (χ0v) is 11.4. The van der Waals surface area contributed by atoms with E-state index in [0.29, 0.717) is 29.8 Å². The molecule has 7 nitrogen and oxygen atoms in total. The highest BCUT2D eigenvalue weighted by Crippen LogP contribution is 2.42. The molecule has 1 fully saturated rings. The van der Waals surface area contributed by atoms with Crippen LogP contribution in [0.3, 0.4) is 0 Å². The van der Waals surface area contributed by atoms with E-state index in [4.69, 9.17) is 15.0 Å². The van der Waals surface area contributed by atoms with Crippen molar-refractivity contribution in [2.24, 2.45) is 11.1 Å². The Morgan fingerprint density at radius 2 is 2.25 bits per heavy atom. The average Bonchev–Trinajstić information content (AvgIpc) is 2.91. The summed E-state index contributed by atoms with van der Waals surface area (Å²) in [7, 11) is 1.55. The fourth-order valence-electron chi connectivity index (χ4n) is 2.45. The summed E-state index contributed by atoms with van der Waals surface area (Å²) in [6.07, 6.45) is 5.63. The van der Waals surface area contributed by atoms with E-state index in [1.165, 1.54) is 12.7 Å². The summed E-state index contributed by atoms with van der Waals surface area (Å²) in [5.74, 6) is 1.54. The van der Waals surface area contributed by atoms with Gasteiger partial charge >= 0.3 is 0 Å². The maximum atomic E-state index is 5.85. The van der Waals surface area contributed by atoms with Crippen LogP contribution in [0.2, 0.25) is 0 Å². The molecule has 0 aromatic carbocycles. The van der Waals surface area contributed by atoms with E-state index in [1.807, 2.05) is 0 Å². The lowest BCUT2D eigenvalue weighted by Gasteiger charge is -2.39. The van der Waals surface area contributed by atoms with E-state index in [0.717, 1.165) is 19.3 Å². The largest absolute Gasteiger partial charge is 0.481 e. The summed E-state index contributed by atoms with van der Waals surface area (Å²) in [6, 6.07) is 1.68. The first-order valence-electron chi connectivity index (χ1n) is 6.64. The molecule has 3 rings (SSSR count). The predicted octanol–water partition coefficient (Wildman–Crippen LogP) is 1.21. The average molecular weight is 275 g/mol. The van der Waals surface area contributed by atoms with Crippen molar-refractivity contribution in [1.29, 1.82) is 0 Å². The number of hydrogen-bond acceptors (Lipinski definition) is 7. The second kappa shape index (κ2) is 5.16. The lowest BCUT2D eigenvalue weighted by atomic mass is 9.67. The summed E-state index contributed by atoms with van der Waals surface area (Å²) < 4.78 is 10.4. The van der Waals surface area contributed by atoms with E-state index in [2.05, 4.69) is 20.1 Å². The number of hydrogen-bond donors (Lipinski definition) is 1. The fourth-order valence-corrected chi connectivity index (χ4v) is 2.45. The Labute approximate surface area is 116 Å². The van der Waals surface area contributed by atoms with Crippen LogP contribution in [0.1, 0.15) is 25.2 Å². The lowest BCUT2D eigenvalue weighted by Crippen LogP contribution is -2.39. The molecule has 106 valence electrons. The summed E-state index contributed by atoms with van der Waals surface area (Å²) in [6.45, 7) is 0.659. The molecule has 0 unspecified atom stereocenters. The van der Waals surface area contributed by atoms with Gasteiger partial charge in [0.15, 0.2) is 0 Å². The molecular formula is C13H17N5O2. The van der Waals surface area contributed by atoms with Gasteiger partial charge in [-0.25, -0.2) is 9.97 Å². The maximum Gasteiger partial charge on any atom is 0.227 e. The molecule has 0 amide bonds. The van der Waals surface area contributed by atoms with Crippen LogP contribution in [0.15, 0.2) is 16.9 Å². The highest BCUT2D eigenvalue weighted by Gasteiger charge is 2.37. The van der Waals surface area contributed by atoms with Crippen molar-refractivity contribution < 1.29 is 9.26 Å². The number of ether oxygens (including phenoxy) is 1. The van der Waals surface area contributed by atoms with Crippen molar-refractivity contribution in [3.8, 4) is 17.4 Å². The third kappa shape index (κ3) is 2.36. The van der Waals surface area contributed by atoms with Crippen molar-refractivity contribution in [2.45, 2.75) is 25.7 Å². The van der Waals surface area contributed by atoms with Crippen molar-refractivity contribution in [1.82, 2.24) is 20.1 Å². The van der Waals surface area contributed by atoms with Crippen molar-refractivity contribution in [3.63, 3.8) is 0 Å². The van der Waals surface area contributed by atoms with E-state index in [1.54, 1.807) is 13.2 Å². The molecule has 2 N–H and O–H groups in total. The zero-order chi connectivity index (χ0) is 14.0. The smallest absolute Gasteiger partial charge is 0.227 e. The van der Waals surface area contributed by atoms with Gasteiger partial charge in [-0.05, 0) is 24.8 Å². The molecule has 0 atom stereocenters. The highest BCUT2D eigenvalue weighted by molar-refractivity contribution is 5.49. The minimum atomic E-state index is 0.146. The molecular weight excluding hydrogens is 258 g/mol. The van der Waals surface area contributed by atoms with Gasteiger partial charge in [-0.3, -0.25) is 0 Å². The topological polar surface area (TPSA) is 100.0 Å². The monoisotopic (exact) mass is 275 g/mol. The van der Waals surface area contributed by atoms with Crippen molar-refractivity contribution in [3.05, 3.63) is 18.3 Å².